The maximum atomic E-state index is 12.8. The van der Waals surface area contributed by atoms with Gasteiger partial charge in [-0.2, -0.15) is 0 Å². The summed E-state index contributed by atoms with van der Waals surface area (Å²) in [6.45, 7) is 6.38. The van der Waals surface area contributed by atoms with Crippen molar-refractivity contribution >= 4 is 17.9 Å². The van der Waals surface area contributed by atoms with Crippen molar-refractivity contribution in [3.63, 3.8) is 0 Å². The smallest absolute Gasteiger partial charge is 0.306 e. The third kappa shape index (κ3) is 47.4. The molecule has 1 atom stereocenters. The van der Waals surface area contributed by atoms with E-state index in [2.05, 4.69) is 57.2 Å². The number of rotatable bonds is 44. The molecule has 0 bridgehead atoms. The van der Waals surface area contributed by atoms with E-state index in [1.807, 2.05) is 60.8 Å². The number of ether oxygens (including phenoxy) is 3. The minimum atomic E-state index is -0.802. The number of esters is 3. The highest BCUT2D eigenvalue weighted by molar-refractivity contribution is 5.71. The summed E-state index contributed by atoms with van der Waals surface area (Å²) >= 11 is 0. The number of hydrogen-bond donors (Lipinski definition) is 0. The van der Waals surface area contributed by atoms with Gasteiger partial charge in [0, 0.05) is 19.3 Å². The van der Waals surface area contributed by atoms with E-state index in [1.54, 1.807) is 0 Å². The number of allylic oxidation sites excluding steroid dienone is 16. The van der Waals surface area contributed by atoms with Gasteiger partial charge in [0.15, 0.2) is 6.10 Å². The Morgan fingerprint density at radius 2 is 0.661 bits per heavy atom. The van der Waals surface area contributed by atoms with Crippen molar-refractivity contribution in [2.75, 3.05) is 13.2 Å². The van der Waals surface area contributed by atoms with Crippen molar-refractivity contribution in [2.24, 2.45) is 0 Å². The van der Waals surface area contributed by atoms with Gasteiger partial charge in [-0.15, -0.1) is 0 Å². The fraction of sp³-hybridized carbons (Fsp3) is 0.661. The number of hydrogen-bond acceptors (Lipinski definition) is 6. The standard InChI is InChI=1S/C56H92O6/c1-4-7-10-13-16-19-22-24-26-28-30-32-34-37-40-43-46-49-55(58)61-52-53(51-60-54(57)48-45-42-39-36-21-18-15-12-9-6-3)62-56(59)50-47-44-41-38-35-33-31-29-27-25-23-20-17-14-11-8-5-2/h7,10,13,15-16,18-19,22,24-28,30,32,34,53H,4-6,8-9,11-12,14,17,20-21,23,29,31,33,35-52H2,1-3H3/b10-7-,16-13-,18-15-,22-19-,26-24-,27-25-,30-28+,34-32-. The Kier molecular flexibility index (Phi) is 47.0. The van der Waals surface area contributed by atoms with Gasteiger partial charge in [0.2, 0.25) is 0 Å². The van der Waals surface area contributed by atoms with Gasteiger partial charge in [-0.3, -0.25) is 14.4 Å². The zero-order chi connectivity index (χ0) is 45.1. The summed E-state index contributed by atoms with van der Waals surface area (Å²) in [4.78, 5) is 37.9. The number of carbonyl (C=O) groups is 3. The molecule has 0 aliphatic rings. The van der Waals surface area contributed by atoms with Crippen LogP contribution in [0, 0.1) is 0 Å². The summed E-state index contributed by atoms with van der Waals surface area (Å²) in [5.41, 5.74) is 0. The molecule has 0 radical (unpaired) electrons. The van der Waals surface area contributed by atoms with Crippen LogP contribution in [0.1, 0.15) is 220 Å². The summed E-state index contributed by atoms with van der Waals surface area (Å²) in [7, 11) is 0. The zero-order valence-electron chi connectivity index (χ0n) is 40.1. The second kappa shape index (κ2) is 50.0. The maximum Gasteiger partial charge on any atom is 0.306 e. The van der Waals surface area contributed by atoms with Crippen molar-refractivity contribution in [1.82, 2.24) is 0 Å². The third-order valence-corrected chi connectivity index (χ3v) is 10.5. The lowest BCUT2D eigenvalue weighted by molar-refractivity contribution is -0.167. The van der Waals surface area contributed by atoms with E-state index in [4.69, 9.17) is 14.2 Å². The molecule has 6 heteroatoms. The average molecular weight is 861 g/mol. The molecule has 0 spiro atoms. The molecule has 0 saturated heterocycles. The molecule has 1 unspecified atom stereocenters. The molecule has 62 heavy (non-hydrogen) atoms. The molecule has 0 heterocycles. The van der Waals surface area contributed by atoms with Crippen molar-refractivity contribution < 1.29 is 28.6 Å². The summed E-state index contributed by atoms with van der Waals surface area (Å²) in [5.74, 6) is -0.967. The SMILES string of the molecule is CC\C=C/C=C\C=C/C=C\C=C\C=C/CCCCCC(=O)OCC(COC(=O)CCCCCC/C=C\CCCC)OC(=O)CCCCCCCCC/C=C\CCCCCCCC. The minimum Gasteiger partial charge on any atom is -0.462 e. The zero-order valence-corrected chi connectivity index (χ0v) is 40.1. The molecule has 0 saturated carbocycles. The topological polar surface area (TPSA) is 78.9 Å². The summed E-state index contributed by atoms with van der Waals surface area (Å²) in [6, 6.07) is 0. The van der Waals surface area contributed by atoms with E-state index in [9.17, 15) is 14.4 Å². The van der Waals surface area contributed by atoms with Gasteiger partial charge in [-0.1, -0.05) is 214 Å². The van der Waals surface area contributed by atoms with Crippen LogP contribution in [0.25, 0.3) is 0 Å². The molecule has 0 aromatic rings. The van der Waals surface area contributed by atoms with Gasteiger partial charge in [-0.05, 0) is 83.5 Å². The van der Waals surface area contributed by atoms with Crippen molar-refractivity contribution in [2.45, 2.75) is 226 Å². The Morgan fingerprint density at radius 1 is 0.339 bits per heavy atom. The van der Waals surface area contributed by atoms with Gasteiger partial charge < -0.3 is 14.2 Å². The van der Waals surface area contributed by atoms with E-state index in [0.717, 1.165) is 89.9 Å². The Hall–Kier alpha value is -3.67. The second-order valence-corrected chi connectivity index (χ2v) is 16.5. The average Bonchev–Trinajstić information content (AvgIpc) is 3.27. The first-order valence-corrected chi connectivity index (χ1v) is 25.3. The number of unbranched alkanes of at least 4 members (excludes halogenated alkanes) is 22. The highest BCUT2D eigenvalue weighted by Gasteiger charge is 2.19. The highest BCUT2D eigenvalue weighted by atomic mass is 16.6. The van der Waals surface area contributed by atoms with E-state index < -0.39 is 6.10 Å². The van der Waals surface area contributed by atoms with E-state index >= 15 is 0 Å². The monoisotopic (exact) mass is 861 g/mol. The fourth-order valence-corrected chi connectivity index (χ4v) is 6.62. The molecule has 0 fully saturated rings. The summed E-state index contributed by atoms with van der Waals surface area (Å²) < 4.78 is 16.7. The highest BCUT2D eigenvalue weighted by Crippen LogP contribution is 2.14. The van der Waals surface area contributed by atoms with Gasteiger partial charge in [0.25, 0.3) is 0 Å². The maximum absolute atomic E-state index is 12.8. The normalized spacial score (nSPS) is 12.9. The van der Waals surface area contributed by atoms with Gasteiger partial charge >= 0.3 is 17.9 Å². The van der Waals surface area contributed by atoms with Crippen LogP contribution in [0.5, 0.6) is 0 Å². The Morgan fingerprint density at radius 3 is 1.10 bits per heavy atom. The summed E-state index contributed by atoms with van der Waals surface area (Å²) in [6.07, 6.45) is 65.3. The molecule has 0 aliphatic carbocycles. The summed E-state index contributed by atoms with van der Waals surface area (Å²) in [5, 5.41) is 0. The Labute approximate surface area is 381 Å². The van der Waals surface area contributed by atoms with E-state index in [0.29, 0.717) is 19.3 Å². The molecule has 0 aliphatic heterocycles. The van der Waals surface area contributed by atoms with Crippen LogP contribution in [-0.4, -0.2) is 37.2 Å². The van der Waals surface area contributed by atoms with Crippen molar-refractivity contribution in [3.8, 4) is 0 Å². The van der Waals surface area contributed by atoms with Crippen LogP contribution in [0.15, 0.2) is 97.2 Å². The molecule has 352 valence electrons. The quantitative estimate of drug-likeness (QED) is 0.0200. The van der Waals surface area contributed by atoms with Crippen molar-refractivity contribution in [3.05, 3.63) is 97.2 Å². The Bertz CT molecular complexity index is 1260. The lowest BCUT2D eigenvalue weighted by Crippen LogP contribution is -2.30. The first-order valence-electron chi connectivity index (χ1n) is 25.3. The lowest BCUT2D eigenvalue weighted by Gasteiger charge is -2.18. The first-order chi connectivity index (χ1) is 30.5. The van der Waals surface area contributed by atoms with Crippen LogP contribution < -0.4 is 0 Å². The molecule has 0 aromatic carbocycles. The van der Waals surface area contributed by atoms with Crippen LogP contribution >= 0.6 is 0 Å². The number of carbonyl (C=O) groups excluding carboxylic acids is 3. The van der Waals surface area contributed by atoms with Gasteiger partial charge in [0.05, 0.1) is 0 Å². The molecular weight excluding hydrogens is 769 g/mol. The fourth-order valence-electron chi connectivity index (χ4n) is 6.62. The molecule has 0 amide bonds. The first kappa shape index (κ1) is 58.3. The molecule has 0 rings (SSSR count). The predicted octanol–water partition coefficient (Wildman–Crippen LogP) is 16.6. The van der Waals surface area contributed by atoms with Crippen LogP contribution in [0.4, 0.5) is 0 Å². The van der Waals surface area contributed by atoms with Crippen LogP contribution in [-0.2, 0) is 28.6 Å². The molecule has 0 N–H and O–H groups in total. The van der Waals surface area contributed by atoms with E-state index in [-0.39, 0.29) is 31.1 Å². The Balaban J connectivity index is 4.47. The second-order valence-electron chi connectivity index (χ2n) is 16.5. The van der Waals surface area contributed by atoms with E-state index in [1.165, 1.54) is 89.9 Å². The lowest BCUT2D eigenvalue weighted by atomic mass is 10.1. The molecule has 6 nitrogen and oxygen atoms in total. The molecular formula is C56H92O6. The minimum absolute atomic E-state index is 0.101. The van der Waals surface area contributed by atoms with Gasteiger partial charge in [0.1, 0.15) is 13.2 Å². The van der Waals surface area contributed by atoms with Gasteiger partial charge in [-0.25, -0.2) is 0 Å². The largest absolute Gasteiger partial charge is 0.462 e. The van der Waals surface area contributed by atoms with Crippen molar-refractivity contribution in [1.29, 1.82) is 0 Å². The van der Waals surface area contributed by atoms with Crippen LogP contribution in [0.2, 0.25) is 0 Å². The molecule has 0 aromatic heterocycles. The third-order valence-electron chi connectivity index (χ3n) is 10.5. The van der Waals surface area contributed by atoms with Crippen LogP contribution in [0.3, 0.4) is 0 Å². The predicted molar refractivity (Wildman–Crippen MR) is 265 cm³/mol.